The van der Waals surface area contributed by atoms with Gasteiger partial charge < -0.3 is 0 Å². The topological polar surface area (TPSA) is 0 Å². The van der Waals surface area contributed by atoms with E-state index in [0.717, 1.165) is 6.42 Å². The van der Waals surface area contributed by atoms with Crippen LogP contribution < -0.4 is 0 Å². The standard InChI is InChI=1S/C6H8/c1-6-4-2-3-5-6/h6H,2,4H2,1H3/t6-/m1/s1. The first-order chi connectivity index (χ1) is 2.89. The van der Waals surface area contributed by atoms with Crippen molar-refractivity contribution in [3.8, 4) is 11.8 Å². The zero-order valence-corrected chi connectivity index (χ0v) is 3.99. The molecule has 6 heavy (non-hydrogen) atoms. The Morgan fingerprint density at radius 1 is 1.67 bits per heavy atom. The number of rotatable bonds is 0. The fourth-order valence-electron chi connectivity index (χ4n) is 0.607. The van der Waals surface area contributed by atoms with E-state index in [0.29, 0.717) is 5.92 Å². The first kappa shape index (κ1) is 3.74. The van der Waals surface area contributed by atoms with E-state index in [2.05, 4.69) is 18.8 Å². The largest absolute Gasteiger partial charge is 0.103 e. The maximum absolute atomic E-state index is 3.07. The molecular formula is C6H8. The molecule has 0 unspecified atom stereocenters. The van der Waals surface area contributed by atoms with Crippen LogP contribution in [0, 0.1) is 17.8 Å². The van der Waals surface area contributed by atoms with Gasteiger partial charge in [0.05, 0.1) is 0 Å². The molecule has 0 N–H and O–H groups in total. The molecule has 0 aromatic carbocycles. The molecule has 0 bridgehead atoms. The van der Waals surface area contributed by atoms with Gasteiger partial charge in [-0.1, -0.05) is 6.92 Å². The molecule has 0 heterocycles. The molecule has 1 aliphatic carbocycles. The van der Waals surface area contributed by atoms with Crippen LogP contribution in [0.4, 0.5) is 0 Å². The molecule has 0 spiro atoms. The number of hydrogen-bond acceptors (Lipinski definition) is 0. The second-order valence-corrected chi connectivity index (χ2v) is 1.76. The average Bonchev–Trinajstić information content (AvgIpc) is 1.86. The average molecular weight is 80.1 g/mol. The smallest absolute Gasteiger partial charge is 0.0183 e. The lowest BCUT2D eigenvalue weighted by Gasteiger charge is -1.87. The molecule has 0 aromatic heterocycles. The van der Waals surface area contributed by atoms with Crippen LogP contribution in [0.25, 0.3) is 0 Å². The molecule has 1 rings (SSSR count). The summed E-state index contributed by atoms with van der Waals surface area (Å²) in [5.74, 6) is 6.78. The predicted molar refractivity (Wildman–Crippen MR) is 26.2 cm³/mol. The second kappa shape index (κ2) is 1.34. The van der Waals surface area contributed by atoms with Gasteiger partial charge in [0.15, 0.2) is 0 Å². The lowest BCUT2D eigenvalue weighted by atomic mass is 10.2. The Bertz CT molecular complexity index is 92.3. The highest BCUT2D eigenvalue weighted by Crippen LogP contribution is 2.07. The zero-order valence-electron chi connectivity index (χ0n) is 3.99. The molecule has 32 valence electrons. The first-order valence-corrected chi connectivity index (χ1v) is 2.38. The van der Waals surface area contributed by atoms with E-state index in [1.807, 2.05) is 0 Å². The van der Waals surface area contributed by atoms with E-state index >= 15 is 0 Å². The molecule has 0 radical (unpaired) electrons. The summed E-state index contributed by atoms with van der Waals surface area (Å²) in [6.07, 6.45) is 2.39. The van der Waals surface area contributed by atoms with Gasteiger partial charge in [-0.2, -0.15) is 0 Å². The van der Waals surface area contributed by atoms with E-state index in [1.165, 1.54) is 6.42 Å². The molecule has 0 fully saturated rings. The third-order valence-electron chi connectivity index (χ3n) is 1.05. The van der Waals surface area contributed by atoms with Crippen molar-refractivity contribution in [3.05, 3.63) is 0 Å². The molecule has 1 atom stereocenters. The Morgan fingerprint density at radius 2 is 2.50 bits per heavy atom. The summed E-state index contributed by atoms with van der Waals surface area (Å²) in [5.41, 5.74) is 0. The van der Waals surface area contributed by atoms with E-state index < -0.39 is 0 Å². The summed E-state index contributed by atoms with van der Waals surface area (Å²) >= 11 is 0. The van der Waals surface area contributed by atoms with Crippen molar-refractivity contribution in [1.82, 2.24) is 0 Å². The maximum Gasteiger partial charge on any atom is 0.0183 e. The Balaban J connectivity index is 2.45. The molecule has 0 aromatic rings. The normalized spacial score (nSPS) is 29.2. The van der Waals surface area contributed by atoms with E-state index in [1.54, 1.807) is 0 Å². The van der Waals surface area contributed by atoms with Gasteiger partial charge in [-0.05, 0) is 6.42 Å². The second-order valence-electron chi connectivity index (χ2n) is 1.76. The lowest BCUT2D eigenvalue weighted by molar-refractivity contribution is 0.714. The van der Waals surface area contributed by atoms with Gasteiger partial charge in [-0.3, -0.25) is 0 Å². The molecule has 0 saturated heterocycles. The van der Waals surface area contributed by atoms with Crippen LogP contribution in [0.1, 0.15) is 19.8 Å². The molecule has 0 heteroatoms. The van der Waals surface area contributed by atoms with Crippen LogP contribution in [0.2, 0.25) is 0 Å². The minimum absolute atomic E-state index is 0.685. The van der Waals surface area contributed by atoms with Gasteiger partial charge >= 0.3 is 0 Å². The molecule has 1 aliphatic rings. The van der Waals surface area contributed by atoms with Crippen LogP contribution in [0.15, 0.2) is 0 Å². The molecule has 0 nitrogen and oxygen atoms in total. The highest BCUT2D eigenvalue weighted by Gasteiger charge is 1.98. The van der Waals surface area contributed by atoms with Crippen LogP contribution >= 0.6 is 0 Å². The van der Waals surface area contributed by atoms with Gasteiger partial charge in [0.25, 0.3) is 0 Å². The van der Waals surface area contributed by atoms with Crippen molar-refractivity contribution >= 4 is 0 Å². The number of hydrogen-bond donors (Lipinski definition) is 0. The Morgan fingerprint density at radius 3 is 2.67 bits per heavy atom. The van der Waals surface area contributed by atoms with Gasteiger partial charge in [0.1, 0.15) is 0 Å². The highest BCUT2D eigenvalue weighted by atomic mass is 14.0. The lowest BCUT2D eigenvalue weighted by Crippen LogP contribution is -1.79. The maximum atomic E-state index is 3.07. The van der Waals surface area contributed by atoms with Crippen molar-refractivity contribution in [1.29, 1.82) is 0 Å². The predicted octanol–water partition coefficient (Wildman–Crippen LogP) is 1.42. The zero-order chi connectivity index (χ0) is 4.41. The van der Waals surface area contributed by atoms with Crippen molar-refractivity contribution in [2.24, 2.45) is 5.92 Å². The summed E-state index contributed by atoms with van der Waals surface area (Å²) < 4.78 is 0. The summed E-state index contributed by atoms with van der Waals surface area (Å²) in [6, 6.07) is 0. The van der Waals surface area contributed by atoms with Crippen molar-refractivity contribution in [2.75, 3.05) is 0 Å². The summed E-state index contributed by atoms with van der Waals surface area (Å²) in [5, 5.41) is 0. The molecule has 0 saturated carbocycles. The molecular weight excluding hydrogens is 72.1 g/mol. The fourth-order valence-corrected chi connectivity index (χ4v) is 0.607. The van der Waals surface area contributed by atoms with Gasteiger partial charge in [-0.15, -0.1) is 11.8 Å². The third-order valence-corrected chi connectivity index (χ3v) is 1.05. The van der Waals surface area contributed by atoms with Crippen molar-refractivity contribution < 1.29 is 0 Å². The van der Waals surface area contributed by atoms with Crippen LogP contribution in [-0.2, 0) is 0 Å². The quantitative estimate of drug-likeness (QED) is 0.386. The van der Waals surface area contributed by atoms with E-state index in [9.17, 15) is 0 Å². The summed E-state index contributed by atoms with van der Waals surface area (Å²) in [6.45, 7) is 2.17. The van der Waals surface area contributed by atoms with Crippen LogP contribution in [-0.4, -0.2) is 0 Å². The minimum atomic E-state index is 0.685. The van der Waals surface area contributed by atoms with E-state index in [4.69, 9.17) is 0 Å². The van der Waals surface area contributed by atoms with Crippen LogP contribution in [0.3, 0.4) is 0 Å². The summed E-state index contributed by atoms with van der Waals surface area (Å²) in [7, 11) is 0. The van der Waals surface area contributed by atoms with Crippen molar-refractivity contribution in [3.63, 3.8) is 0 Å². The van der Waals surface area contributed by atoms with Crippen molar-refractivity contribution in [2.45, 2.75) is 19.8 Å². The Hall–Kier alpha value is -0.440. The Kier molecular flexibility index (Phi) is 0.837. The third kappa shape index (κ3) is 0.542. The molecule has 0 aliphatic heterocycles. The molecule has 0 amide bonds. The highest BCUT2D eigenvalue weighted by molar-refractivity contribution is 5.08. The fraction of sp³-hybridized carbons (Fsp3) is 0.667. The first-order valence-electron chi connectivity index (χ1n) is 2.38. The monoisotopic (exact) mass is 80.1 g/mol. The van der Waals surface area contributed by atoms with Gasteiger partial charge in [0, 0.05) is 12.3 Å². The SMILES string of the molecule is C[C@H]1C#CCC1. The van der Waals surface area contributed by atoms with E-state index in [-0.39, 0.29) is 0 Å². The van der Waals surface area contributed by atoms with Gasteiger partial charge in [0.2, 0.25) is 0 Å². The summed E-state index contributed by atoms with van der Waals surface area (Å²) in [4.78, 5) is 0. The van der Waals surface area contributed by atoms with Crippen LogP contribution in [0.5, 0.6) is 0 Å². The minimum Gasteiger partial charge on any atom is -0.103 e. The van der Waals surface area contributed by atoms with Gasteiger partial charge in [-0.25, -0.2) is 0 Å². The Labute approximate surface area is 38.6 Å².